The van der Waals surface area contributed by atoms with Crippen LogP contribution in [0.3, 0.4) is 0 Å². The second-order valence-corrected chi connectivity index (χ2v) is 5.19. The summed E-state index contributed by atoms with van der Waals surface area (Å²) in [5.74, 6) is -0.0381. The zero-order chi connectivity index (χ0) is 11.7. The zero-order valence-corrected chi connectivity index (χ0v) is 9.83. The summed E-state index contributed by atoms with van der Waals surface area (Å²) in [4.78, 5) is 18.6. The van der Waals surface area contributed by atoms with Crippen LogP contribution in [0.4, 0.5) is 0 Å². The lowest BCUT2D eigenvalue weighted by molar-refractivity contribution is 0.0849. The summed E-state index contributed by atoms with van der Waals surface area (Å²) < 4.78 is 0. The van der Waals surface area contributed by atoms with Gasteiger partial charge in [-0.25, -0.2) is 4.98 Å². The molecule has 1 aromatic rings. The zero-order valence-electron chi connectivity index (χ0n) is 9.83. The molecule has 3 N–H and O–H groups in total. The highest BCUT2D eigenvalue weighted by atomic mass is 16.1. The van der Waals surface area contributed by atoms with Gasteiger partial charge in [0.25, 0.3) is 5.91 Å². The van der Waals surface area contributed by atoms with Crippen LogP contribution in [-0.2, 0) is 0 Å². The first-order chi connectivity index (χ1) is 8.27. The number of H-pyrrole nitrogens is 1. The van der Waals surface area contributed by atoms with Gasteiger partial charge in [-0.2, -0.15) is 0 Å². The van der Waals surface area contributed by atoms with E-state index in [4.69, 9.17) is 0 Å². The first-order valence-corrected chi connectivity index (χ1v) is 6.32. The lowest BCUT2D eigenvalue weighted by Gasteiger charge is -2.48. The van der Waals surface area contributed by atoms with Crippen molar-refractivity contribution in [3.05, 3.63) is 18.2 Å². The molecule has 2 heterocycles. The topological polar surface area (TPSA) is 69.8 Å². The van der Waals surface area contributed by atoms with E-state index in [1.807, 2.05) is 0 Å². The third-order valence-corrected chi connectivity index (χ3v) is 4.02. The van der Waals surface area contributed by atoms with E-state index in [-0.39, 0.29) is 5.91 Å². The van der Waals surface area contributed by atoms with Gasteiger partial charge in [-0.1, -0.05) is 0 Å². The van der Waals surface area contributed by atoms with E-state index in [2.05, 4.69) is 20.6 Å². The van der Waals surface area contributed by atoms with Gasteiger partial charge < -0.3 is 15.6 Å². The van der Waals surface area contributed by atoms with Crippen molar-refractivity contribution in [1.29, 1.82) is 0 Å². The van der Waals surface area contributed by atoms with Crippen LogP contribution in [0.25, 0.3) is 0 Å². The molecule has 1 unspecified atom stereocenters. The largest absolute Gasteiger partial charge is 0.348 e. The second kappa shape index (κ2) is 4.14. The fraction of sp³-hybridized carbons (Fsp3) is 0.667. The quantitative estimate of drug-likeness (QED) is 0.709. The summed E-state index contributed by atoms with van der Waals surface area (Å²) >= 11 is 0. The van der Waals surface area contributed by atoms with Crippen molar-refractivity contribution >= 4 is 5.91 Å². The number of aromatic nitrogens is 2. The Hall–Kier alpha value is -1.36. The molecule has 92 valence electrons. The number of piperidine rings is 1. The summed E-state index contributed by atoms with van der Waals surface area (Å²) in [7, 11) is 0. The molecule has 1 aromatic heterocycles. The molecule has 1 aliphatic heterocycles. The van der Waals surface area contributed by atoms with Gasteiger partial charge in [0.05, 0.1) is 12.5 Å². The standard InChI is InChI=1S/C12H18N4O/c17-11(10-7-13-8-14-10)16-9-2-5-15-12(6-9)3-1-4-12/h7-9,15H,1-6H2,(H,13,14)(H,16,17). The predicted octanol–water partition coefficient (Wildman–Crippen LogP) is 0.814. The Morgan fingerprint density at radius 1 is 1.53 bits per heavy atom. The highest BCUT2D eigenvalue weighted by Crippen LogP contribution is 2.38. The lowest BCUT2D eigenvalue weighted by Crippen LogP contribution is -2.59. The molecule has 5 heteroatoms. The Morgan fingerprint density at radius 2 is 2.41 bits per heavy atom. The number of nitrogens with one attached hydrogen (secondary N) is 3. The van der Waals surface area contributed by atoms with Crippen molar-refractivity contribution in [2.45, 2.75) is 43.7 Å². The molecule has 0 aromatic carbocycles. The molecular weight excluding hydrogens is 216 g/mol. The van der Waals surface area contributed by atoms with Crippen LogP contribution >= 0.6 is 0 Å². The molecule has 3 rings (SSSR count). The van der Waals surface area contributed by atoms with Gasteiger partial charge in [-0.15, -0.1) is 0 Å². The van der Waals surface area contributed by atoms with Crippen LogP contribution in [0.1, 0.15) is 42.6 Å². The fourth-order valence-corrected chi connectivity index (χ4v) is 2.91. The number of carbonyl (C=O) groups excluding carboxylic acids is 1. The van der Waals surface area contributed by atoms with Gasteiger partial charge in [0.15, 0.2) is 0 Å². The van der Waals surface area contributed by atoms with Crippen LogP contribution in [-0.4, -0.2) is 34.0 Å². The number of rotatable bonds is 2. The van der Waals surface area contributed by atoms with E-state index in [9.17, 15) is 4.79 Å². The number of hydrogen-bond donors (Lipinski definition) is 3. The van der Waals surface area contributed by atoms with Crippen molar-refractivity contribution in [3.8, 4) is 0 Å². The van der Waals surface area contributed by atoms with E-state index in [1.165, 1.54) is 25.6 Å². The molecule has 0 radical (unpaired) electrons. The molecule has 1 saturated heterocycles. The monoisotopic (exact) mass is 234 g/mol. The Morgan fingerprint density at radius 3 is 3.06 bits per heavy atom. The van der Waals surface area contributed by atoms with Crippen molar-refractivity contribution in [2.24, 2.45) is 0 Å². The molecule has 1 spiro atoms. The van der Waals surface area contributed by atoms with Crippen molar-refractivity contribution < 1.29 is 4.79 Å². The van der Waals surface area contributed by atoms with Gasteiger partial charge in [0.2, 0.25) is 0 Å². The summed E-state index contributed by atoms with van der Waals surface area (Å²) in [6.45, 7) is 1.01. The van der Waals surface area contributed by atoms with Gasteiger partial charge in [-0.3, -0.25) is 4.79 Å². The summed E-state index contributed by atoms with van der Waals surface area (Å²) in [6, 6.07) is 0.298. The maximum atomic E-state index is 11.9. The first kappa shape index (κ1) is 10.8. The number of imidazole rings is 1. The normalized spacial score (nSPS) is 26.5. The number of amides is 1. The Kier molecular flexibility index (Phi) is 2.63. The Bertz CT molecular complexity index is 397. The van der Waals surface area contributed by atoms with Crippen LogP contribution in [0.2, 0.25) is 0 Å². The smallest absolute Gasteiger partial charge is 0.269 e. The average molecular weight is 234 g/mol. The van der Waals surface area contributed by atoms with Gasteiger partial charge in [0.1, 0.15) is 5.69 Å². The van der Waals surface area contributed by atoms with E-state index in [0.717, 1.165) is 19.4 Å². The maximum absolute atomic E-state index is 11.9. The first-order valence-electron chi connectivity index (χ1n) is 6.32. The average Bonchev–Trinajstić information content (AvgIpc) is 2.81. The summed E-state index contributed by atoms with van der Waals surface area (Å²) in [5, 5.41) is 6.69. The van der Waals surface area contributed by atoms with Crippen LogP contribution in [0, 0.1) is 0 Å². The SMILES string of the molecule is O=C(NC1CCNC2(CCC2)C1)c1cnc[nH]1. The number of aromatic amines is 1. The van der Waals surface area contributed by atoms with Gasteiger partial charge >= 0.3 is 0 Å². The van der Waals surface area contributed by atoms with E-state index >= 15 is 0 Å². The van der Waals surface area contributed by atoms with E-state index in [0.29, 0.717) is 17.3 Å². The molecule has 1 aliphatic carbocycles. The second-order valence-electron chi connectivity index (χ2n) is 5.19. The molecule has 1 saturated carbocycles. The predicted molar refractivity (Wildman–Crippen MR) is 63.7 cm³/mol. The van der Waals surface area contributed by atoms with Crippen molar-refractivity contribution in [3.63, 3.8) is 0 Å². The number of nitrogens with zero attached hydrogens (tertiary/aromatic N) is 1. The number of carbonyl (C=O) groups is 1. The highest BCUT2D eigenvalue weighted by Gasteiger charge is 2.41. The minimum atomic E-state index is -0.0381. The van der Waals surface area contributed by atoms with Crippen LogP contribution < -0.4 is 10.6 Å². The Balaban J connectivity index is 1.60. The minimum Gasteiger partial charge on any atom is -0.348 e. The third kappa shape index (κ3) is 2.07. The van der Waals surface area contributed by atoms with Crippen LogP contribution in [0.5, 0.6) is 0 Å². The van der Waals surface area contributed by atoms with Gasteiger partial charge in [-0.05, 0) is 38.6 Å². The highest BCUT2D eigenvalue weighted by molar-refractivity contribution is 5.92. The van der Waals surface area contributed by atoms with Gasteiger partial charge in [0, 0.05) is 11.6 Å². The van der Waals surface area contributed by atoms with E-state index in [1.54, 1.807) is 6.20 Å². The molecule has 2 aliphatic rings. The third-order valence-electron chi connectivity index (χ3n) is 4.02. The summed E-state index contributed by atoms with van der Waals surface area (Å²) in [6.07, 6.45) is 9.00. The van der Waals surface area contributed by atoms with E-state index < -0.39 is 0 Å². The Labute approximate surface area is 100 Å². The van der Waals surface area contributed by atoms with Crippen molar-refractivity contribution in [2.75, 3.05) is 6.54 Å². The molecule has 5 nitrogen and oxygen atoms in total. The lowest BCUT2D eigenvalue weighted by atomic mass is 9.70. The fourth-order valence-electron chi connectivity index (χ4n) is 2.91. The minimum absolute atomic E-state index is 0.0381. The molecular formula is C12H18N4O. The van der Waals surface area contributed by atoms with Crippen molar-refractivity contribution in [1.82, 2.24) is 20.6 Å². The summed E-state index contributed by atoms with van der Waals surface area (Å²) in [5.41, 5.74) is 0.871. The van der Waals surface area contributed by atoms with Crippen LogP contribution in [0.15, 0.2) is 12.5 Å². The molecule has 0 bridgehead atoms. The molecule has 1 atom stereocenters. The maximum Gasteiger partial charge on any atom is 0.269 e. The molecule has 1 amide bonds. The molecule has 17 heavy (non-hydrogen) atoms. The molecule has 2 fully saturated rings. The number of hydrogen-bond acceptors (Lipinski definition) is 3.